The van der Waals surface area contributed by atoms with Crippen molar-refractivity contribution < 1.29 is 18.0 Å². The molecule has 0 unspecified atom stereocenters. The van der Waals surface area contributed by atoms with Gasteiger partial charge in [-0.05, 0) is 29.8 Å². The van der Waals surface area contributed by atoms with Gasteiger partial charge in [0, 0.05) is 0 Å². The minimum atomic E-state index is -4.37. The van der Waals surface area contributed by atoms with Crippen LogP contribution in [0.1, 0.15) is 11.1 Å². The Morgan fingerprint density at radius 2 is 1.92 bits per heavy atom. The van der Waals surface area contributed by atoms with Crippen LogP contribution in [0.4, 0.5) is 13.2 Å². The van der Waals surface area contributed by atoms with Gasteiger partial charge in [-0.25, -0.2) is 10.4 Å². The molecule has 2 aromatic carbocycles. The number of hydrogen-bond acceptors (Lipinski definition) is 5. The maximum absolute atomic E-state index is 12.5. The maximum atomic E-state index is 12.5. The number of carbonyl (C=O) groups excluding carboxylic acids is 1. The molecular formula is C17H12F3N3OS2. The van der Waals surface area contributed by atoms with Crippen LogP contribution in [0, 0.1) is 0 Å². The Balaban J connectivity index is 1.49. The van der Waals surface area contributed by atoms with E-state index in [2.05, 4.69) is 15.5 Å². The third-order valence-electron chi connectivity index (χ3n) is 3.24. The third kappa shape index (κ3) is 4.83. The Labute approximate surface area is 155 Å². The molecule has 0 radical (unpaired) electrons. The molecule has 0 bridgehead atoms. The van der Waals surface area contributed by atoms with Crippen molar-refractivity contribution in [3.05, 3.63) is 59.7 Å². The maximum Gasteiger partial charge on any atom is 0.416 e. The van der Waals surface area contributed by atoms with Gasteiger partial charge in [0.25, 0.3) is 5.91 Å². The number of nitrogens with one attached hydrogen (secondary N) is 1. The number of benzene rings is 2. The molecule has 0 aliphatic rings. The average Bonchev–Trinajstić information content (AvgIpc) is 3.03. The summed E-state index contributed by atoms with van der Waals surface area (Å²) in [6, 6.07) is 12.2. The Bertz CT molecular complexity index is 903. The summed E-state index contributed by atoms with van der Waals surface area (Å²) in [4.78, 5) is 16.2. The SMILES string of the molecule is O=C(CSc1nc2ccccc2s1)NN=Cc1ccc(C(F)(F)F)cc1. The zero-order valence-corrected chi connectivity index (χ0v) is 14.8. The number of amides is 1. The van der Waals surface area contributed by atoms with Crippen LogP contribution in [-0.4, -0.2) is 22.9 Å². The van der Waals surface area contributed by atoms with Gasteiger partial charge in [0.15, 0.2) is 4.34 Å². The molecule has 3 rings (SSSR count). The first-order chi connectivity index (χ1) is 12.4. The number of carbonyl (C=O) groups is 1. The molecule has 0 aliphatic carbocycles. The largest absolute Gasteiger partial charge is 0.416 e. The molecule has 1 aromatic heterocycles. The quantitative estimate of drug-likeness (QED) is 0.392. The van der Waals surface area contributed by atoms with E-state index in [-0.39, 0.29) is 11.7 Å². The number of rotatable bonds is 5. The van der Waals surface area contributed by atoms with Gasteiger partial charge < -0.3 is 0 Å². The molecule has 0 saturated carbocycles. The lowest BCUT2D eigenvalue weighted by molar-refractivity contribution is -0.137. The molecule has 1 amide bonds. The molecule has 0 fully saturated rings. The molecule has 1 heterocycles. The summed E-state index contributed by atoms with van der Waals surface area (Å²) in [7, 11) is 0. The molecular weight excluding hydrogens is 383 g/mol. The summed E-state index contributed by atoms with van der Waals surface area (Å²) >= 11 is 2.81. The van der Waals surface area contributed by atoms with Crippen molar-refractivity contribution >= 4 is 45.4 Å². The molecule has 0 spiro atoms. The number of hydrogen-bond donors (Lipinski definition) is 1. The van der Waals surface area contributed by atoms with Crippen LogP contribution in [0.3, 0.4) is 0 Å². The van der Waals surface area contributed by atoms with Gasteiger partial charge in [-0.1, -0.05) is 36.0 Å². The van der Waals surface area contributed by atoms with E-state index in [1.54, 1.807) is 0 Å². The predicted octanol–water partition coefficient (Wildman–Crippen LogP) is 4.56. The molecule has 0 aliphatic heterocycles. The number of thiazole rings is 1. The van der Waals surface area contributed by atoms with Crippen molar-refractivity contribution in [3.8, 4) is 0 Å². The van der Waals surface area contributed by atoms with E-state index >= 15 is 0 Å². The summed E-state index contributed by atoms with van der Waals surface area (Å²) in [5.41, 5.74) is 2.96. The molecule has 4 nitrogen and oxygen atoms in total. The van der Waals surface area contributed by atoms with Crippen molar-refractivity contribution in [1.29, 1.82) is 0 Å². The van der Waals surface area contributed by atoms with E-state index in [1.165, 1.54) is 41.4 Å². The summed E-state index contributed by atoms with van der Waals surface area (Å²) in [5, 5.41) is 3.75. The first-order valence-electron chi connectivity index (χ1n) is 7.39. The Kier molecular flexibility index (Phi) is 5.58. The number of alkyl halides is 3. The second kappa shape index (κ2) is 7.88. The second-order valence-electron chi connectivity index (χ2n) is 5.15. The molecule has 26 heavy (non-hydrogen) atoms. The van der Waals surface area contributed by atoms with Crippen LogP contribution in [0.2, 0.25) is 0 Å². The fraction of sp³-hybridized carbons (Fsp3) is 0.118. The first-order valence-corrected chi connectivity index (χ1v) is 9.19. The van der Waals surface area contributed by atoms with Crippen molar-refractivity contribution in [2.75, 3.05) is 5.75 Å². The van der Waals surface area contributed by atoms with Gasteiger partial charge >= 0.3 is 6.18 Å². The highest BCUT2D eigenvalue weighted by Gasteiger charge is 2.29. The smallest absolute Gasteiger partial charge is 0.272 e. The highest BCUT2D eigenvalue weighted by Crippen LogP contribution is 2.29. The highest BCUT2D eigenvalue weighted by molar-refractivity contribution is 8.01. The zero-order chi connectivity index (χ0) is 18.6. The lowest BCUT2D eigenvalue weighted by atomic mass is 10.1. The summed E-state index contributed by atoms with van der Waals surface area (Å²) in [6.07, 6.45) is -3.08. The lowest BCUT2D eigenvalue weighted by Crippen LogP contribution is -2.19. The number of thioether (sulfide) groups is 1. The number of hydrazone groups is 1. The predicted molar refractivity (Wildman–Crippen MR) is 97.5 cm³/mol. The molecule has 0 saturated heterocycles. The van der Waals surface area contributed by atoms with Crippen LogP contribution >= 0.6 is 23.1 Å². The zero-order valence-electron chi connectivity index (χ0n) is 13.2. The molecule has 3 aromatic rings. The number of aromatic nitrogens is 1. The van der Waals surface area contributed by atoms with Gasteiger partial charge in [0.2, 0.25) is 0 Å². The molecule has 1 N–H and O–H groups in total. The van der Waals surface area contributed by atoms with E-state index in [4.69, 9.17) is 0 Å². The first kappa shape index (κ1) is 18.4. The number of para-hydroxylation sites is 1. The number of fused-ring (bicyclic) bond motifs is 1. The van der Waals surface area contributed by atoms with Gasteiger partial charge in [-0.15, -0.1) is 11.3 Å². The Morgan fingerprint density at radius 3 is 2.62 bits per heavy atom. The standard InChI is InChI=1S/C17H12F3N3OS2/c18-17(19,20)12-7-5-11(6-8-12)9-21-23-15(24)10-25-16-22-13-3-1-2-4-14(13)26-16/h1-9H,10H2,(H,23,24). The van der Waals surface area contributed by atoms with Crippen molar-refractivity contribution in [1.82, 2.24) is 10.4 Å². The van der Waals surface area contributed by atoms with Crippen LogP contribution in [-0.2, 0) is 11.0 Å². The van der Waals surface area contributed by atoms with Gasteiger partial charge in [0.05, 0.1) is 27.7 Å². The van der Waals surface area contributed by atoms with E-state index in [1.807, 2.05) is 24.3 Å². The lowest BCUT2D eigenvalue weighted by Gasteiger charge is -2.05. The molecule has 134 valence electrons. The summed E-state index contributed by atoms with van der Waals surface area (Å²) < 4.78 is 39.3. The number of halogens is 3. The Hall–Kier alpha value is -2.39. The molecule has 0 atom stereocenters. The fourth-order valence-corrected chi connectivity index (χ4v) is 3.87. The molecule has 9 heteroatoms. The van der Waals surface area contributed by atoms with E-state index < -0.39 is 11.7 Å². The monoisotopic (exact) mass is 395 g/mol. The van der Waals surface area contributed by atoms with Crippen molar-refractivity contribution in [2.24, 2.45) is 5.10 Å². The minimum absolute atomic E-state index is 0.143. The van der Waals surface area contributed by atoms with E-state index in [0.29, 0.717) is 5.56 Å². The van der Waals surface area contributed by atoms with Crippen LogP contribution in [0.25, 0.3) is 10.2 Å². The van der Waals surface area contributed by atoms with Gasteiger partial charge in [-0.2, -0.15) is 18.3 Å². The topological polar surface area (TPSA) is 54.4 Å². The third-order valence-corrected chi connectivity index (χ3v) is 5.42. The van der Waals surface area contributed by atoms with Gasteiger partial charge in [0.1, 0.15) is 0 Å². The summed E-state index contributed by atoms with van der Waals surface area (Å²) in [5.74, 6) is -0.179. The van der Waals surface area contributed by atoms with E-state index in [9.17, 15) is 18.0 Å². The minimum Gasteiger partial charge on any atom is -0.272 e. The van der Waals surface area contributed by atoms with Gasteiger partial charge in [-0.3, -0.25) is 4.79 Å². The van der Waals surface area contributed by atoms with E-state index in [0.717, 1.165) is 26.7 Å². The van der Waals surface area contributed by atoms with Crippen LogP contribution < -0.4 is 5.43 Å². The second-order valence-corrected chi connectivity index (χ2v) is 7.40. The van der Waals surface area contributed by atoms with Crippen molar-refractivity contribution in [3.63, 3.8) is 0 Å². The fourth-order valence-electron chi connectivity index (χ4n) is 2.01. The normalized spacial score (nSPS) is 12.0. The Morgan fingerprint density at radius 1 is 1.19 bits per heavy atom. The van der Waals surface area contributed by atoms with Crippen molar-refractivity contribution in [2.45, 2.75) is 10.5 Å². The summed E-state index contributed by atoms with van der Waals surface area (Å²) in [6.45, 7) is 0. The average molecular weight is 395 g/mol. The highest BCUT2D eigenvalue weighted by atomic mass is 32.2. The van der Waals surface area contributed by atoms with Crippen LogP contribution in [0.5, 0.6) is 0 Å². The van der Waals surface area contributed by atoms with Crippen LogP contribution in [0.15, 0.2) is 58.0 Å². The number of nitrogens with zero attached hydrogens (tertiary/aromatic N) is 2.